The van der Waals surface area contributed by atoms with E-state index in [1.165, 1.54) is 0 Å². The molecule has 0 radical (unpaired) electrons. The standard InChI is InChI=1S/C6H10O5/c1-3-5(8)11-6(9,4-7)10-2/h3,7,9H,1,4H2,2H3. The van der Waals surface area contributed by atoms with Crippen molar-refractivity contribution in [1.29, 1.82) is 0 Å². The van der Waals surface area contributed by atoms with Crippen molar-refractivity contribution < 1.29 is 24.5 Å². The van der Waals surface area contributed by atoms with Crippen molar-refractivity contribution in [2.75, 3.05) is 13.7 Å². The van der Waals surface area contributed by atoms with Crippen molar-refractivity contribution in [2.24, 2.45) is 0 Å². The van der Waals surface area contributed by atoms with Crippen LogP contribution in [0.1, 0.15) is 0 Å². The van der Waals surface area contributed by atoms with E-state index >= 15 is 0 Å². The molecule has 0 fully saturated rings. The molecule has 5 nitrogen and oxygen atoms in total. The summed E-state index contributed by atoms with van der Waals surface area (Å²) < 4.78 is 8.49. The van der Waals surface area contributed by atoms with Crippen LogP contribution in [-0.2, 0) is 14.3 Å². The zero-order valence-electron chi connectivity index (χ0n) is 6.11. The first-order chi connectivity index (χ1) is 5.08. The predicted octanol–water partition coefficient (Wildman–Crippen LogP) is -1.000. The molecular weight excluding hydrogens is 152 g/mol. The van der Waals surface area contributed by atoms with Gasteiger partial charge in [0.05, 0.1) is 0 Å². The molecule has 2 N–H and O–H groups in total. The van der Waals surface area contributed by atoms with Crippen molar-refractivity contribution in [3.05, 3.63) is 12.7 Å². The van der Waals surface area contributed by atoms with Gasteiger partial charge in [-0.3, -0.25) is 0 Å². The van der Waals surface area contributed by atoms with E-state index in [0.717, 1.165) is 13.2 Å². The highest BCUT2D eigenvalue weighted by Gasteiger charge is 2.29. The van der Waals surface area contributed by atoms with Crippen LogP contribution in [0.25, 0.3) is 0 Å². The number of ether oxygens (including phenoxy) is 2. The molecule has 0 bridgehead atoms. The molecule has 0 heterocycles. The van der Waals surface area contributed by atoms with Crippen molar-refractivity contribution in [3.63, 3.8) is 0 Å². The van der Waals surface area contributed by atoms with Crippen LogP contribution in [0.3, 0.4) is 0 Å². The van der Waals surface area contributed by atoms with Crippen LogP contribution >= 0.6 is 0 Å². The lowest BCUT2D eigenvalue weighted by Gasteiger charge is -2.21. The molecule has 0 aromatic rings. The van der Waals surface area contributed by atoms with Crippen molar-refractivity contribution in [1.82, 2.24) is 0 Å². The SMILES string of the molecule is C=CC(=O)OC(O)(CO)OC. The van der Waals surface area contributed by atoms with Gasteiger partial charge in [-0.1, -0.05) is 6.58 Å². The summed E-state index contributed by atoms with van der Waals surface area (Å²) in [6, 6.07) is 0. The summed E-state index contributed by atoms with van der Waals surface area (Å²) in [5, 5.41) is 17.4. The molecule has 1 atom stereocenters. The Hall–Kier alpha value is -0.910. The number of hydrogen-bond acceptors (Lipinski definition) is 5. The van der Waals surface area contributed by atoms with Gasteiger partial charge in [-0.25, -0.2) is 4.79 Å². The largest absolute Gasteiger partial charge is 0.403 e. The Balaban J connectivity index is 4.06. The summed E-state index contributed by atoms with van der Waals surface area (Å²) in [6.07, 6.45) is 0.847. The third-order valence-corrected chi connectivity index (χ3v) is 0.946. The number of rotatable bonds is 4. The Morgan fingerprint density at radius 1 is 1.82 bits per heavy atom. The topological polar surface area (TPSA) is 76.0 Å². The molecule has 0 aromatic heterocycles. The second-order valence-electron chi connectivity index (χ2n) is 1.70. The minimum Gasteiger partial charge on any atom is -0.403 e. The Morgan fingerprint density at radius 3 is 2.64 bits per heavy atom. The molecular formula is C6H10O5. The molecule has 0 aliphatic rings. The summed E-state index contributed by atoms with van der Waals surface area (Å²) in [7, 11) is 1.09. The van der Waals surface area contributed by atoms with Crippen molar-refractivity contribution in [3.8, 4) is 0 Å². The van der Waals surface area contributed by atoms with Crippen LogP contribution in [0.2, 0.25) is 0 Å². The van der Waals surface area contributed by atoms with Crippen LogP contribution in [0.4, 0.5) is 0 Å². The molecule has 11 heavy (non-hydrogen) atoms. The Labute approximate surface area is 63.9 Å². The summed E-state index contributed by atoms with van der Waals surface area (Å²) >= 11 is 0. The Morgan fingerprint density at radius 2 is 2.36 bits per heavy atom. The normalized spacial score (nSPS) is 15.2. The van der Waals surface area contributed by atoms with Gasteiger partial charge < -0.3 is 19.7 Å². The maximum atomic E-state index is 10.5. The zero-order chi connectivity index (χ0) is 8.91. The molecule has 0 aliphatic carbocycles. The van der Waals surface area contributed by atoms with Crippen LogP contribution < -0.4 is 0 Å². The molecule has 0 saturated carbocycles. The summed E-state index contributed by atoms with van der Waals surface area (Å²) in [6.45, 7) is 2.26. The van der Waals surface area contributed by atoms with Gasteiger partial charge in [-0.2, -0.15) is 0 Å². The molecule has 0 rings (SSSR count). The van der Waals surface area contributed by atoms with E-state index < -0.39 is 18.5 Å². The fourth-order valence-electron chi connectivity index (χ4n) is 0.337. The van der Waals surface area contributed by atoms with E-state index in [0.29, 0.717) is 0 Å². The lowest BCUT2D eigenvalue weighted by Crippen LogP contribution is -2.40. The highest BCUT2D eigenvalue weighted by Crippen LogP contribution is 2.06. The molecule has 0 aliphatic heterocycles. The summed E-state index contributed by atoms with van der Waals surface area (Å²) in [5.74, 6) is -3.13. The fourth-order valence-corrected chi connectivity index (χ4v) is 0.337. The molecule has 5 heteroatoms. The van der Waals surface area contributed by atoms with Gasteiger partial charge in [0.1, 0.15) is 6.61 Å². The molecule has 0 aromatic carbocycles. The first-order valence-electron chi connectivity index (χ1n) is 2.82. The van der Waals surface area contributed by atoms with E-state index in [1.54, 1.807) is 0 Å². The lowest BCUT2D eigenvalue weighted by atomic mass is 10.5. The quantitative estimate of drug-likeness (QED) is 0.315. The van der Waals surface area contributed by atoms with Crippen molar-refractivity contribution in [2.45, 2.75) is 5.97 Å². The Kier molecular flexibility index (Phi) is 3.73. The minimum absolute atomic E-state index is 0.830. The van der Waals surface area contributed by atoms with Crippen LogP contribution in [0.15, 0.2) is 12.7 Å². The zero-order valence-corrected chi connectivity index (χ0v) is 6.11. The first kappa shape index (κ1) is 10.1. The third kappa shape index (κ3) is 3.13. The monoisotopic (exact) mass is 162 g/mol. The van der Waals surface area contributed by atoms with Gasteiger partial charge >= 0.3 is 11.9 Å². The predicted molar refractivity (Wildman–Crippen MR) is 35.3 cm³/mol. The van der Waals surface area contributed by atoms with Gasteiger partial charge in [0.2, 0.25) is 0 Å². The lowest BCUT2D eigenvalue weighted by molar-refractivity contribution is -0.342. The molecule has 64 valence electrons. The molecule has 0 amide bonds. The van der Waals surface area contributed by atoms with Crippen LogP contribution in [0, 0.1) is 0 Å². The van der Waals surface area contributed by atoms with Gasteiger partial charge in [0.25, 0.3) is 0 Å². The molecule has 0 spiro atoms. The van der Waals surface area contributed by atoms with Gasteiger partial charge in [0.15, 0.2) is 0 Å². The minimum atomic E-state index is -2.26. The average Bonchev–Trinajstić information content (AvgIpc) is 2.04. The highest BCUT2D eigenvalue weighted by molar-refractivity contribution is 5.81. The van der Waals surface area contributed by atoms with E-state index in [1.807, 2.05) is 0 Å². The van der Waals surface area contributed by atoms with Gasteiger partial charge in [-0.15, -0.1) is 0 Å². The number of carbonyl (C=O) groups excluding carboxylic acids is 1. The third-order valence-electron chi connectivity index (χ3n) is 0.946. The number of esters is 1. The number of hydrogen-bond donors (Lipinski definition) is 2. The highest BCUT2D eigenvalue weighted by atomic mass is 16.8. The fraction of sp³-hybridized carbons (Fsp3) is 0.500. The maximum Gasteiger partial charge on any atom is 0.351 e. The molecule has 0 saturated heterocycles. The van der Waals surface area contributed by atoms with Crippen LogP contribution in [-0.4, -0.2) is 35.9 Å². The number of aliphatic hydroxyl groups is 2. The van der Waals surface area contributed by atoms with E-state index in [9.17, 15) is 4.79 Å². The summed E-state index contributed by atoms with van der Waals surface area (Å²) in [5.41, 5.74) is 0. The number of aliphatic hydroxyl groups excluding tert-OH is 1. The van der Waals surface area contributed by atoms with Gasteiger partial charge in [0, 0.05) is 13.2 Å². The average molecular weight is 162 g/mol. The summed E-state index contributed by atoms with van der Waals surface area (Å²) in [4.78, 5) is 10.5. The smallest absolute Gasteiger partial charge is 0.351 e. The number of carbonyl (C=O) groups is 1. The first-order valence-corrected chi connectivity index (χ1v) is 2.82. The van der Waals surface area contributed by atoms with E-state index in [-0.39, 0.29) is 0 Å². The number of methoxy groups -OCH3 is 1. The van der Waals surface area contributed by atoms with Gasteiger partial charge in [-0.05, 0) is 0 Å². The molecule has 1 unspecified atom stereocenters. The van der Waals surface area contributed by atoms with E-state index in [4.69, 9.17) is 10.2 Å². The Bertz CT molecular complexity index is 149. The maximum absolute atomic E-state index is 10.5. The van der Waals surface area contributed by atoms with Crippen molar-refractivity contribution >= 4 is 5.97 Å². The van der Waals surface area contributed by atoms with Crippen LogP contribution in [0.5, 0.6) is 0 Å². The second-order valence-corrected chi connectivity index (χ2v) is 1.70. The second kappa shape index (κ2) is 4.07. The van der Waals surface area contributed by atoms with E-state index in [2.05, 4.69) is 16.1 Å².